The maximum absolute atomic E-state index is 11.4. The van der Waals surface area contributed by atoms with Crippen LogP contribution in [0.5, 0.6) is 0 Å². The topological polar surface area (TPSA) is 75.4 Å². The summed E-state index contributed by atoms with van der Waals surface area (Å²) >= 11 is 5.51. The first-order valence-electron chi connectivity index (χ1n) is 7.83. The Kier molecular flexibility index (Phi) is 5.82. The van der Waals surface area contributed by atoms with Crippen molar-refractivity contribution >= 4 is 33.0 Å². The molecule has 0 spiro atoms. The number of nitrogens with two attached hydrogens (primary N) is 1. The van der Waals surface area contributed by atoms with Crippen molar-refractivity contribution in [3.8, 4) is 0 Å². The molecule has 0 unspecified atom stereocenters. The minimum Gasteiger partial charge on any atom is -0.345 e. The molecule has 1 atom stereocenters. The van der Waals surface area contributed by atoms with Gasteiger partial charge in [-0.3, -0.25) is 0 Å². The summed E-state index contributed by atoms with van der Waals surface area (Å²) in [4.78, 5) is 2.03. The van der Waals surface area contributed by atoms with Gasteiger partial charge in [-0.1, -0.05) is 18.2 Å². The summed E-state index contributed by atoms with van der Waals surface area (Å²) in [6.07, 6.45) is 0. The number of primary sulfonamides is 1. The second kappa shape index (κ2) is 7.51. The van der Waals surface area contributed by atoms with Crippen LogP contribution in [0.3, 0.4) is 0 Å². The summed E-state index contributed by atoms with van der Waals surface area (Å²) < 4.78 is 22.7. The summed E-state index contributed by atoms with van der Waals surface area (Å²) in [6.45, 7) is 6.09. The molecule has 0 bridgehead atoms. The first-order chi connectivity index (χ1) is 11.6. The lowest BCUT2D eigenvalue weighted by Gasteiger charge is -2.28. The Bertz CT molecular complexity index is 857. The molecule has 134 valence electrons. The third-order valence-electron chi connectivity index (χ3n) is 4.07. The van der Waals surface area contributed by atoms with E-state index < -0.39 is 10.0 Å². The highest BCUT2D eigenvalue weighted by molar-refractivity contribution is 7.89. The van der Waals surface area contributed by atoms with Gasteiger partial charge >= 0.3 is 0 Å². The second-order valence-corrected chi connectivity index (χ2v) is 8.16. The smallest absolute Gasteiger partial charge is 0.238 e. The summed E-state index contributed by atoms with van der Waals surface area (Å²) in [5.74, 6) is 0. The Labute approximate surface area is 154 Å². The maximum Gasteiger partial charge on any atom is 0.238 e. The Hall–Kier alpha value is -1.96. The number of anilines is 1. The van der Waals surface area contributed by atoms with Crippen molar-refractivity contribution in [2.24, 2.45) is 5.14 Å². The zero-order chi connectivity index (χ0) is 18.8. The van der Waals surface area contributed by atoms with Crippen molar-refractivity contribution < 1.29 is 8.42 Å². The monoisotopic (exact) mass is 377 g/mol. The van der Waals surface area contributed by atoms with Crippen LogP contribution in [-0.2, 0) is 10.0 Å². The molecule has 2 aromatic carbocycles. The lowest BCUT2D eigenvalue weighted by molar-refractivity contribution is 0.408. The fraction of sp³-hybridized carbons (Fsp3) is 0.278. The van der Waals surface area contributed by atoms with E-state index in [2.05, 4.69) is 11.4 Å². The summed E-state index contributed by atoms with van der Waals surface area (Å²) in [7, 11) is -1.78. The molecule has 0 aliphatic carbocycles. The highest BCUT2D eigenvalue weighted by Crippen LogP contribution is 2.22. The predicted molar refractivity (Wildman–Crippen MR) is 106 cm³/mol. The first kappa shape index (κ1) is 19.4. The zero-order valence-corrected chi connectivity index (χ0v) is 16.4. The van der Waals surface area contributed by atoms with Crippen LogP contribution in [0.15, 0.2) is 47.4 Å². The largest absolute Gasteiger partial charge is 0.345 e. The van der Waals surface area contributed by atoms with Gasteiger partial charge in [0.15, 0.2) is 5.11 Å². The second-order valence-electron chi connectivity index (χ2n) is 6.21. The summed E-state index contributed by atoms with van der Waals surface area (Å²) in [6, 6.07) is 12.7. The highest BCUT2D eigenvalue weighted by Gasteiger charge is 2.16. The molecule has 7 heteroatoms. The number of benzene rings is 2. The number of hydrogen-bond acceptors (Lipinski definition) is 3. The molecule has 0 aliphatic rings. The average molecular weight is 378 g/mol. The number of hydrogen-bond donors (Lipinski definition) is 2. The molecule has 5 nitrogen and oxygen atoms in total. The van der Waals surface area contributed by atoms with E-state index in [1.165, 1.54) is 23.3 Å². The van der Waals surface area contributed by atoms with Gasteiger partial charge in [0.25, 0.3) is 0 Å². The van der Waals surface area contributed by atoms with Crippen molar-refractivity contribution in [1.29, 1.82) is 0 Å². The van der Waals surface area contributed by atoms with E-state index in [-0.39, 0.29) is 10.9 Å². The molecule has 0 fully saturated rings. The molecule has 0 saturated heterocycles. The van der Waals surface area contributed by atoms with E-state index in [0.717, 1.165) is 11.3 Å². The summed E-state index contributed by atoms with van der Waals surface area (Å²) in [5.41, 5.74) is 4.23. The Morgan fingerprint density at radius 1 is 1.12 bits per heavy atom. The van der Waals surface area contributed by atoms with E-state index in [4.69, 9.17) is 17.4 Å². The van der Waals surface area contributed by atoms with Crippen LogP contribution in [0, 0.1) is 13.8 Å². The minimum absolute atomic E-state index is 0.0274. The van der Waals surface area contributed by atoms with Crippen molar-refractivity contribution in [1.82, 2.24) is 4.90 Å². The Balaban J connectivity index is 2.13. The molecular weight excluding hydrogens is 354 g/mol. The molecule has 25 heavy (non-hydrogen) atoms. The minimum atomic E-state index is -3.68. The van der Waals surface area contributed by atoms with Crippen molar-refractivity contribution in [2.75, 3.05) is 12.4 Å². The van der Waals surface area contributed by atoms with Crippen LogP contribution >= 0.6 is 12.2 Å². The zero-order valence-electron chi connectivity index (χ0n) is 14.8. The van der Waals surface area contributed by atoms with Crippen LogP contribution in [-0.4, -0.2) is 25.5 Å². The molecule has 0 aromatic heterocycles. The molecule has 2 rings (SSSR count). The summed E-state index contributed by atoms with van der Waals surface area (Å²) in [5, 5.41) is 8.97. The molecular formula is C18H23N3O2S2. The fourth-order valence-electron chi connectivity index (χ4n) is 2.59. The molecule has 0 radical (unpaired) electrons. The van der Waals surface area contributed by atoms with E-state index in [1.807, 2.05) is 44.9 Å². The van der Waals surface area contributed by atoms with Gasteiger partial charge in [-0.25, -0.2) is 13.6 Å². The van der Waals surface area contributed by atoms with E-state index in [9.17, 15) is 8.42 Å². The van der Waals surface area contributed by atoms with Gasteiger partial charge in [0.1, 0.15) is 0 Å². The standard InChI is InChI=1S/C18H23N3O2S2/c1-12-9-13(2)11-16(10-12)20-18(24)21(4)14(3)15-5-7-17(8-6-15)25(19,22)23/h5-11,14H,1-4H3,(H,20,24)(H2,19,22,23)/t14-/m1/s1. The number of rotatable bonds is 4. The molecule has 0 aliphatic heterocycles. The number of nitrogens with one attached hydrogen (secondary N) is 1. The Morgan fingerprint density at radius 3 is 2.12 bits per heavy atom. The van der Waals surface area contributed by atoms with E-state index in [1.54, 1.807) is 12.1 Å². The third kappa shape index (κ3) is 5.01. The van der Waals surface area contributed by atoms with Crippen LogP contribution in [0.2, 0.25) is 0 Å². The number of nitrogens with zero attached hydrogens (tertiary/aromatic N) is 1. The van der Waals surface area contributed by atoms with E-state index in [0.29, 0.717) is 5.11 Å². The molecule has 3 N–H and O–H groups in total. The van der Waals surface area contributed by atoms with Gasteiger partial charge in [-0.2, -0.15) is 0 Å². The van der Waals surface area contributed by atoms with Crippen molar-refractivity contribution in [2.45, 2.75) is 31.7 Å². The lowest BCUT2D eigenvalue weighted by atomic mass is 10.1. The Morgan fingerprint density at radius 2 is 1.64 bits per heavy atom. The van der Waals surface area contributed by atoms with Gasteiger partial charge in [0, 0.05) is 12.7 Å². The van der Waals surface area contributed by atoms with Gasteiger partial charge in [-0.05, 0) is 73.9 Å². The van der Waals surface area contributed by atoms with Gasteiger partial charge < -0.3 is 10.2 Å². The van der Waals surface area contributed by atoms with Crippen molar-refractivity contribution in [3.05, 3.63) is 59.2 Å². The molecule has 2 aromatic rings. The van der Waals surface area contributed by atoms with Gasteiger partial charge in [-0.15, -0.1) is 0 Å². The quantitative estimate of drug-likeness (QED) is 0.799. The predicted octanol–water partition coefficient (Wildman–Crippen LogP) is 3.34. The number of aryl methyl sites for hydroxylation is 2. The lowest BCUT2D eigenvalue weighted by Crippen LogP contribution is -2.33. The molecule has 0 saturated carbocycles. The van der Waals surface area contributed by atoms with Crippen LogP contribution in [0.4, 0.5) is 5.69 Å². The number of sulfonamides is 1. The third-order valence-corrected chi connectivity index (χ3v) is 5.38. The van der Waals surface area contributed by atoms with Crippen LogP contribution in [0.25, 0.3) is 0 Å². The maximum atomic E-state index is 11.4. The van der Waals surface area contributed by atoms with Crippen LogP contribution < -0.4 is 10.5 Å². The SMILES string of the molecule is Cc1cc(C)cc(NC(=S)N(C)[C@H](C)c2ccc(S(N)(=O)=O)cc2)c1. The van der Waals surface area contributed by atoms with Gasteiger partial charge in [0.05, 0.1) is 10.9 Å². The molecule has 0 heterocycles. The average Bonchev–Trinajstić information content (AvgIpc) is 2.51. The van der Waals surface area contributed by atoms with E-state index >= 15 is 0 Å². The van der Waals surface area contributed by atoms with Crippen molar-refractivity contribution in [3.63, 3.8) is 0 Å². The normalized spacial score (nSPS) is 12.5. The number of thiocarbonyl (C=S) groups is 1. The highest BCUT2D eigenvalue weighted by atomic mass is 32.2. The first-order valence-corrected chi connectivity index (χ1v) is 9.78. The van der Waals surface area contributed by atoms with Crippen LogP contribution in [0.1, 0.15) is 29.7 Å². The fourth-order valence-corrected chi connectivity index (χ4v) is 3.39. The molecule has 0 amide bonds. The van der Waals surface area contributed by atoms with Gasteiger partial charge in [0.2, 0.25) is 10.0 Å².